The van der Waals surface area contributed by atoms with Crippen LogP contribution in [0.2, 0.25) is 0 Å². The lowest BCUT2D eigenvalue weighted by Gasteiger charge is -2.37. The Morgan fingerprint density at radius 1 is 1.16 bits per heavy atom. The molecule has 0 unspecified atom stereocenters. The van der Waals surface area contributed by atoms with E-state index in [0.717, 1.165) is 5.56 Å². The monoisotopic (exact) mass is 522 g/mol. The predicted octanol–water partition coefficient (Wildman–Crippen LogP) is 4.08. The Morgan fingerprint density at radius 2 is 1.95 bits per heavy atom. The van der Waals surface area contributed by atoms with Crippen molar-refractivity contribution < 1.29 is 28.2 Å². The summed E-state index contributed by atoms with van der Waals surface area (Å²) in [6.45, 7) is 2.45. The second kappa shape index (κ2) is 9.96. The average molecular weight is 523 g/mol. The number of nitrogens with zero attached hydrogens (tertiary/aromatic N) is 4. The van der Waals surface area contributed by atoms with Gasteiger partial charge < -0.3 is 25.4 Å². The van der Waals surface area contributed by atoms with Gasteiger partial charge in [-0.05, 0) is 42.3 Å². The number of hydrogen-bond acceptors (Lipinski definition) is 6. The number of aryl methyl sites for hydroxylation is 1. The molecule has 2 aromatic heterocycles. The number of carbonyl (C=O) groups excluding carboxylic acids is 1. The first-order valence-electron chi connectivity index (χ1n) is 11.8. The molecule has 1 fully saturated rings. The molecule has 2 amide bonds. The van der Waals surface area contributed by atoms with Crippen molar-refractivity contribution in [1.82, 2.24) is 24.6 Å². The second-order valence-corrected chi connectivity index (χ2v) is 8.76. The van der Waals surface area contributed by atoms with Crippen LogP contribution < -0.4 is 15.4 Å². The maximum Gasteiger partial charge on any atom is 0.407 e. The van der Waals surface area contributed by atoms with Crippen LogP contribution in [0.5, 0.6) is 5.75 Å². The van der Waals surface area contributed by atoms with Crippen LogP contribution in [0.25, 0.3) is 16.9 Å². The van der Waals surface area contributed by atoms with E-state index < -0.39 is 17.7 Å². The molecule has 38 heavy (non-hydrogen) atoms. The molecule has 0 aliphatic carbocycles. The van der Waals surface area contributed by atoms with E-state index in [4.69, 9.17) is 9.84 Å². The van der Waals surface area contributed by atoms with Crippen LogP contribution in [0.3, 0.4) is 0 Å². The lowest BCUT2D eigenvalue weighted by Crippen LogP contribution is -2.60. The second-order valence-electron chi connectivity index (χ2n) is 8.76. The summed E-state index contributed by atoms with van der Waals surface area (Å²) in [5.41, 5.74) is 2.70. The van der Waals surface area contributed by atoms with Crippen molar-refractivity contribution in [3.63, 3.8) is 0 Å². The molecule has 0 saturated carbocycles. The van der Waals surface area contributed by atoms with Gasteiger partial charge in [0.05, 0.1) is 25.0 Å². The highest BCUT2D eigenvalue weighted by atomic mass is 19.2. The van der Waals surface area contributed by atoms with Gasteiger partial charge in [-0.15, -0.1) is 0 Å². The minimum atomic E-state index is -1.08. The largest absolute Gasteiger partial charge is 0.494 e. The Morgan fingerprint density at radius 3 is 2.66 bits per heavy atom. The third kappa shape index (κ3) is 4.44. The van der Waals surface area contributed by atoms with E-state index in [9.17, 15) is 18.4 Å². The van der Waals surface area contributed by atoms with Gasteiger partial charge in [0.2, 0.25) is 5.82 Å². The molecule has 3 N–H and O–H groups in total. The summed E-state index contributed by atoms with van der Waals surface area (Å²) < 4.78 is 35.5. The molecule has 1 aliphatic heterocycles. The number of fused-ring (bicyclic) bond motifs is 1. The van der Waals surface area contributed by atoms with Gasteiger partial charge in [-0.2, -0.15) is 4.39 Å². The van der Waals surface area contributed by atoms with E-state index in [1.165, 1.54) is 36.5 Å². The van der Waals surface area contributed by atoms with Crippen LogP contribution in [0.1, 0.15) is 22.8 Å². The Balaban J connectivity index is 1.38. The molecular formula is C26H24F2N6O4. The smallest absolute Gasteiger partial charge is 0.407 e. The number of carbonyl (C=O) groups is 2. The fourth-order valence-electron chi connectivity index (χ4n) is 4.41. The molecule has 0 bridgehead atoms. The van der Waals surface area contributed by atoms with Crippen molar-refractivity contribution in [1.29, 1.82) is 0 Å². The van der Waals surface area contributed by atoms with Crippen molar-refractivity contribution in [3.05, 3.63) is 71.7 Å². The minimum Gasteiger partial charge on any atom is -0.494 e. The Bertz CT molecular complexity index is 1550. The van der Waals surface area contributed by atoms with Crippen molar-refractivity contribution >= 4 is 29.2 Å². The Labute approximate surface area is 215 Å². The number of halogens is 2. The van der Waals surface area contributed by atoms with Crippen molar-refractivity contribution in [2.45, 2.75) is 19.4 Å². The zero-order valence-corrected chi connectivity index (χ0v) is 20.5. The van der Waals surface area contributed by atoms with E-state index >= 15 is 0 Å². The maximum absolute atomic E-state index is 14.7. The van der Waals surface area contributed by atoms with Gasteiger partial charge >= 0.3 is 6.09 Å². The molecule has 12 heteroatoms. The van der Waals surface area contributed by atoms with Gasteiger partial charge in [-0.3, -0.25) is 9.20 Å². The molecular weight excluding hydrogens is 498 g/mol. The third-order valence-electron chi connectivity index (χ3n) is 6.45. The molecule has 3 heterocycles. The number of carboxylic acid groups (broad SMARTS) is 1. The number of rotatable bonds is 7. The number of nitrogens with one attached hydrogen (secondary N) is 2. The number of methoxy groups -OCH3 is 1. The van der Waals surface area contributed by atoms with Crippen LogP contribution in [-0.2, 0) is 6.42 Å². The van der Waals surface area contributed by atoms with E-state index in [1.807, 2.05) is 13.0 Å². The highest BCUT2D eigenvalue weighted by Crippen LogP contribution is 2.31. The molecule has 0 atom stereocenters. The van der Waals surface area contributed by atoms with Crippen molar-refractivity contribution in [2.24, 2.45) is 0 Å². The first-order chi connectivity index (χ1) is 18.3. The highest BCUT2D eigenvalue weighted by molar-refractivity contribution is 5.96. The number of benzene rings is 2. The van der Waals surface area contributed by atoms with Gasteiger partial charge in [-0.1, -0.05) is 6.92 Å². The molecule has 5 rings (SSSR count). The van der Waals surface area contributed by atoms with Gasteiger partial charge in [0.25, 0.3) is 5.91 Å². The lowest BCUT2D eigenvalue weighted by atomic mass is 10.0. The zero-order chi connectivity index (χ0) is 27.0. The van der Waals surface area contributed by atoms with Crippen LogP contribution in [0.15, 0.2) is 48.9 Å². The summed E-state index contributed by atoms with van der Waals surface area (Å²) >= 11 is 0. The number of anilines is 2. The quantitative estimate of drug-likeness (QED) is 0.334. The third-order valence-corrected chi connectivity index (χ3v) is 6.45. The minimum absolute atomic E-state index is 0.0227. The van der Waals surface area contributed by atoms with E-state index in [0.29, 0.717) is 34.8 Å². The van der Waals surface area contributed by atoms with Gasteiger partial charge in [-0.25, -0.2) is 19.2 Å². The van der Waals surface area contributed by atoms with Gasteiger partial charge in [0, 0.05) is 42.3 Å². The normalized spacial score (nSPS) is 13.3. The van der Waals surface area contributed by atoms with Crippen molar-refractivity contribution in [2.75, 3.05) is 25.5 Å². The number of ether oxygens (including phenoxy) is 1. The molecule has 1 aliphatic rings. The summed E-state index contributed by atoms with van der Waals surface area (Å²) in [5, 5.41) is 15.0. The first kappa shape index (κ1) is 24.9. The van der Waals surface area contributed by atoms with Crippen LogP contribution >= 0.6 is 0 Å². The molecule has 1 saturated heterocycles. The average Bonchev–Trinajstić information content (AvgIpc) is 3.32. The Hall–Kier alpha value is -4.74. The fraction of sp³-hybridized carbons (Fsp3) is 0.231. The SMILES string of the molecule is CCc1cc(Nc2nccn3c(-c4ccc(OC)c(F)c4F)cnc23)ccc1C(=O)NC1CN(C(=O)O)C1. The van der Waals surface area contributed by atoms with Crippen LogP contribution in [0.4, 0.5) is 25.1 Å². The number of likely N-dealkylation sites (tertiary alicyclic amines) is 1. The van der Waals surface area contributed by atoms with Crippen LogP contribution in [-0.4, -0.2) is 62.6 Å². The summed E-state index contributed by atoms with van der Waals surface area (Å²) in [6.07, 6.45) is 4.12. The molecule has 0 radical (unpaired) electrons. The molecule has 4 aromatic rings. The molecule has 2 aromatic carbocycles. The predicted molar refractivity (Wildman–Crippen MR) is 135 cm³/mol. The fourth-order valence-corrected chi connectivity index (χ4v) is 4.41. The van der Waals surface area contributed by atoms with Crippen LogP contribution in [0, 0.1) is 11.6 Å². The lowest BCUT2D eigenvalue weighted by molar-refractivity contribution is 0.0767. The number of imidazole rings is 1. The summed E-state index contributed by atoms with van der Waals surface area (Å²) in [5.74, 6) is -2.20. The van der Waals surface area contributed by atoms with Crippen molar-refractivity contribution in [3.8, 4) is 17.0 Å². The van der Waals surface area contributed by atoms with Gasteiger partial charge in [0.1, 0.15) is 0 Å². The molecule has 0 spiro atoms. The molecule has 10 nitrogen and oxygen atoms in total. The Kier molecular flexibility index (Phi) is 6.53. The molecule has 196 valence electrons. The summed E-state index contributed by atoms with van der Waals surface area (Å²) in [7, 11) is 1.27. The van der Waals surface area contributed by atoms with E-state index in [1.54, 1.807) is 22.7 Å². The standard InChI is InChI=1S/C26H24F2N6O4/c1-3-14-10-15(4-5-17(14)25(35)32-16-12-33(13-16)26(36)37)31-23-24-30-11-19(34(24)9-8-29-23)18-6-7-20(38-2)22(28)21(18)27/h4-11,16H,3,12-13H2,1-2H3,(H,29,31)(H,32,35)(H,36,37). The number of hydrogen-bond donors (Lipinski definition) is 3. The van der Waals surface area contributed by atoms with E-state index in [2.05, 4.69) is 20.6 Å². The van der Waals surface area contributed by atoms with Gasteiger partial charge in [0.15, 0.2) is 23.0 Å². The summed E-state index contributed by atoms with van der Waals surface area (Å²) in [4.78, 5) is 33.7. The number of amides is 2. The maximum atomic E-state index is 14.7. The van der Waals surface area contributed by atoms with E-state index in [-0.39, 0.29) is 36.4 Å². The number of aromatic nitrogens is 3. The topological polar surface area (TPSA) is 121 Å². The first-order valence-corrected chi connectivity index (χ1v) is 11.8. The highest BCUT2D eigenvalue weighted by Gasteiger charge is 2.32. The summed E-state index contributed by atoms with van der Waals surface area (Å²) in [6, 6.07) is 7.80. The zero-order valence-electron chi connectivity index (χ0n) is 20.5.